The normalized spacial score (nSPS) is 13.0. The van der Waals surface area contributed by atoms with Crippen molar-refractivity contribution < 1.29 is 53.5 Å². The summed E-state index contributed by atoms with van der Waals surface area (Å²) in [7, 11) is 3.26. The zero-order valence-electron chi connectivity index (χ0n) is 29.6. The van der Waals surface area contributed by atoms with E-state index in [4.69, 9.17) is 54.1 Å². The molecule has 0 spiro atoms. The number of piperidine rings is 1. The van der Waals surface area contributed by atoms with E-state index >= 15 is 0 Å². The Kier molecular flexibility index (Phi) is 13.8. The summed E-state index contributed by atoms with van der Waals surface area (Å²) in [6.45, 7) is 5.32. The molecule has 6 rings (SSSR count). The summed E-state index contributed by atoms with van der Waals surface area (Å²) >= 11 is 0. The molecule has 0 bridgehead atoms. The lowest BCUT2D eigenvalue weighted by Crippen LogP contribution is -2.42. The van der Waals surface area contributed by atoms with Crippen LogP contribution in [0, 0.1) is 18.7 Å². The van der Waals surface area contributed by atoms with Gasteiger partial charge < -0.3 is 58.5 Å². The number of carbonyl (C=O) groups excluding carboxylic acids is 4. The van der Waals surface area contributed by atoms with Crippen LogP contribution in [0.25, 0.3) is 16.7 Å². The second-order valence-corrected chi connectivity index (χ2v) is 12.2. The van der Waals surface area contributed by atoms with Gasteiger partial charge in [-0.05, 0) is 75.0 Å². The molecule has 0 saturated carbocycles. The van der Waals surface area contributed by atoms with E-state index < -0.39 is 23.9 Å². The number of ether oxygens (including phenoxy) is 2. The van der Waals surface area contributed by atoms with Crippen LogP contribution < -0.4 is 35.5 Å². The largest absolute Gasteiger partial charge is 0.543 e. The van der Waals surface area contributed by atoms with Crippen LogP contribution in [-0.4, -0.2) is 81.6 Å². The third-order valence-corrected chi connectivity index (χ3v) is 8.81. The predicted molar refractivity (Wildman–Crippen MR) is 181 cm³/mol. The molecule has 1 fully saturated rings. The molecule has 0 radical (unpaired) electrons. The molecule has 1 aliphatic heterocycles. The molecular weight excluding hydrogens is 709 g/mol. The van der Waals surface area contributed by atoms with Gasteiger partial charge in [-0.15, -0.1) is 0 Å². The summed E-state index contributed by atoms with van der Waals surface area (Å²) in [6.07, 6.45) is 5.44. The molecule has 0 unspecified atom stereocenters. The third-order valence-electron chi connectivity index (χ3n) is 8.81. The minimum absolute atomic E-state index is 0.0290. The van der Waals surface area contributed by atoms with Gasteiger partial charge in [0.05, 0.1) is 49.1 Å². The number of nitrogens with zero attached hydrogens (tertiary/aromatic N) is 5. The van der Waals surface area contributed by atoms with Crippen LogP contribution in [-0.2, 0) is 38.6 Å². The first-order valence-electron chi connectivity index (χ1n) is 16.6. The maximum Gasteiger partial charge on any atom is 0.261 e. The number of carboxylic acids is 4. The van der Waals surface area contributed by atoms with Gasteiger partial charge in [0, 0.05) is 49.1 Å². The van der Waals surface area contributed by atoms with Crippen molar-refractivity contribution >= 4 is 40.6 Å². The first kappa shape index (κ1) is 40.4. The number of aryl methyl sites for hydroxylation is 1. The highest BCUT2D eigenvalue weighted by atomic mass is 19.1. The number of carbonyl (C=O) groups is 4. The van der Waals surface area contributed by atoms with Crippen LogP contribution >= 0.6 is 0 Å². The molecule has 5 aromatic rings. The van der Waals surface area contributed by atoms with Gasteiger partial charge in [-0.1, -0.05) is 18.2 Å². The number of methoxy groups -OCH3 is 2. The van der Waals surface area contributed by atoms with Gasteiger partial charge in [0.15, 0.2) is 11.5 Å². The minimum Gasteiger partial charge on any atom is -0.543 e. The summed E-state index contributed by atoms with van der Waals surface area (Å²) in [5, 5.41) is 35.7. The minimum atomic E-state index is -2.19. The number of rotatable bonds is 9. The fourth-order valence-corrected chi connectivity index (χ4v) is 6.07. The first-order chi connectivity index (χ1) is 25.7. The van der Waals surface area contributed by atoms with Crippen molar-refractivity contribution in [3.63, 3.8) is 0 Å². The highest BCUT2D eigenvalue weighted by molar-refractivity contribution is 6.25. The smallest absolute Gasteiger partial charge is 0.261 e. The lowest BCUT2D eigenvalue weighted by atomic mass is 9.93. The molecule has 0 N–H and O–H groups in total. The Balaban J connectivity index is 0.000000470. The summed E-state index contributed by atoms with van der Waals surface area (Å²) in [5.41, 5.74) is 5.16. The van der Waals surface area contributed by atoms with Gasteiger partial charge in [-0.2, -0.15) is 0 Å². The SMILES string of the molecule is COc1cc2nc(CC3CCN(CCc4c(C)nc5ccccn5c4=O)CC3)n(Cc3ccc(F)cc3)c2cc1OC.O=C([O-])C(=O)[O-].O=C([O-])C(=O)[O-]. The van der Waals surface area contributed by atoms with E-state index in [0.29, 0.717) is 36.0 Å². The lowest BCUT2D eigenvalue weighted by molar-refractivity contribution is -0.345. The van der Waals surface area contributed by atoms with Gasteiger partial charge in [0.25, 0.3) is 5.56 Å². The average Bonchev–Trinajstić information content (AvgIpc) is 3.47. The molecule has 54 heavy (non-hydrogen) atoms. The van der Waals surface area contributed by atoms with Crippen molar-refractivity contribution in [3.05, 3.63) is 99.6 Å². The quantitative estimate of drug-likeness (QED) is 0.149. The summed E-state index contributed by atoms with van der Waals surface area (Å²) in [5.74, 6) is -6.19. The molecule has 17 heteroatoms. The molecule has 0 aliphatic carbocycles. The van der Waals surface area contributed by atoms with E-state index in [2.05, 4.69) is 14.5 Å². The van der Waals surface area contributed by atoms with Crippen LogP contribution in [0.3, 0.4) is 0 Å². The van der Waals surface area contributed by atoms with Gasteiger partial charge in [0.2, 0.25) is 0 Å². The monoisotopic (exact) mass is 745 g/mol. The summed E-state index contributed by atoms with van der Waals surface area (Å²) in [4.78, 5) is 60.9. The number of aromatic nitrogens is 4. The number of hydrogen-bond acceptors (Lipinski definition) is 14. The van der Waals surface area contributed by atoms with Crippen LogP contribution in [0.4, 0.5) is 4.39 Å². The molecule has 4 heterocycles. The molecular formula is C37H36FN5O11-4. The van der Waals surface area contributed by atoms with Crippen molar-refractivity contribution in [1.29, 1.82) is 0 Å². The number of aliphatic carboxylic acids is 4. The van der Waals surface area contributed by atoms with Crippen LogP contribution in [0.2, 0.25) is 0 Å². The Morgan fingerprint density at radius 1 is 0.852 bits per heavy atom. The topological polar surface area (TPSA) is 234 Å². The second kappa shape index (κ2) is 18.4. The van der Waals surface area contributed by atoms with Gasteiger partial charge in [0.1, 0.15) is 17.3 Å². The number of imidazole rings is 1. The molecule has 286 valence electrons. The third kappa shape index (κ3) is 10.4. The van der Waals surface area contributed by atoms with E-state index in [9.17, 15) is 9.18 Å². The van der Waals surface area contributed by atoms with Crippen molar-refractivity contribution in [1.82, 2.24) is 23.8 Å². The zero-order valence-corrected chi connectivity index (χ0v) is 29.6. The Morgan fingerprint density at radius 3 is 2.02 bits per heavy atom. The molecule has 1 saturated heterocycles. The van der Waals surface area contributed by atoms with Crippen LogP contribution in [0.15, 0.2) is 65.6 Å². The highest BCUT2D eigenvalue weighted by Crippen LogP contribution is 2.34. The molecule has 0 amide bonds. The lowest BCUT2D eigenvalue weighted by Gasteiger charge is -2.32. The molecule has 0 atom stereocenters. The van der Waals surface area contributed by atoms with Crippen LogP contribution in [0.1, 0.15) is 35.5 Å². The summed E-state index contributed by atoms with van der Waals surface area (Å²) in [6, 6.07) is 16.2. The second-order valence-electron chi connectivity index (χ2n) is 12.2. The number of carboxylic acid groups (broad SMARTS) is 4. The molecule has 3 aromatic heterocycles. The molecule has 16 nitrogen and oxygen atoms in total. The number of likely N-dealkylation sites (tertiary alicyclic amines) is 1. The number of benzene rings is 2. The summed E-state index contributed by atoms with van der Waals surface area (Å²) < 4.78 is 28.6. The van der Waals surface area contributed by atoms with Crippen molar-refractivity contribution in [2.24, 2.45) is 5.92 Å². The van der Waals surface area contributed by atoms with E-state index in [1.54, 1.807) is 24.8 Å². The van der Waals surface area contributed by atoms with Gasteiger partial charge >= 0.3 is 0 Å². The van der Waals surface area contributed by atoms with E-state index in [1.807, 2.05) is 49.4 Å². The number of fused-ring (bicyclic) bond motifs is 2. The molecule has 2 aromatic carbocycles. The maximum absolute atomic E-state index is 13.6. The highest BCUT2D eigenvalue weighted by Gasteiger charge is 2.24. The standard InChI is InChI=1S/C33H36FN5O3.2C2H2O4/c1-22-26(33(40)38-14-5-4-6-31(38)35-22)13-17-37-15-11-23(12-16-37)18-32-36-27-19-29(41-2)30(42-3)20-28(27)39(32)21-24-7-9-25(34)10-8-24;2*3-1(4)2(5)6/h4-10,14,19-20,23H,11-13,15-18,21H2,1-3H3;2*(H,3,4)(H,5,6)/p-4. The Labute approximate surface area is 307 Å². The van der Waals surface area contributed by atoms with E-state index in [1.165, 1.54) is 12.1 Å². The Hall–Kier alpha value is -6.36. The van der Waals surface area contributed by atoms with Crippen molar-refractivity contribution in [2.45, 2.75) is 39.2 Å². The zero-order chi connectivity index (χ0) is 39.5. The maximum atomic E-state index is 13.6. The average molecular weight is 746 g/mol. The van der Waals surface area contributed by atoms with Crippen molar-refractivity contribution in [2.75, 3.05) is 33.9 Å². The molecule has 1 aliphatic rings. The predicted octanol–water partition coefficient (Wildman–Crippen LogP) is -1.97. The Morgan fingerprint density at radius 2 is 1.44 bits per heavy atom. The number of halogens is 1. The fraction of sp³-hybridized carbons (Fsp3) is 0.324. The number of pyridine rings is 1. The van der Waals surface area contributed by atoms with E-state index in [-0.39, 0.29) is 11.4 Å². The van der Waals surface area contributed by atoms with Crippen molar-refractivity contribution in [3.8, 4) is 11.5 Å². The Bertz CT molecular complexity index is 2150. The number of hydrogen-bond donors (Lipinski definition) is 0. The first-order valence-corrected chi connectivity index (χ1v) is 16.6. The van der Waals surface area contributed by atoms with Gasteiger partial charge in [-0.25, -0.2) is 14.4 Å². The van der Waals surface area contributed by atoms with E-state index in [0.717, 1.165) is 72.6 Å². The van der Waals surface area contributed by atoms with Crippen LogP contribution in [0.5, 0.6) is 11.5 Å². The van der Waals surface area contributed by atoms with Gasteiger partial charge in [-0.3, -0.25) is 9.20 Å². The fourth-order valence-electron chi connectivity index (χ4n) is 6.07.